The quantitative estimate of drug-likeness (QED) is 0.859. The molecule has 1 nitrogen and oxygen atoms in total. The first-order valence-electron chi connectivity index (χ1n) is 7.58. The molecule has 1 saturated heterocycles. The molecule has 2 unspecified atom stereocenters. The lowest BCUT2D eigenvalue weighted by Crippen LogP contribution is -2.34. The summed E-state index contributed by atoms with van der Waals surface area (Å²) < 4.78 is 0. The topological polar surface area (TPSA) is 12.0 Å². The van der Waals surface area contributed by atoms with Gasteiger partial charge in [0.15, 0.2) is 0 Å². The van der Waals surface area contributed by atoms with Crippen LogP contribution in [-0.2, 0) is 0 Å². The molecule has 0 aliphatic carbocycles. The van der Waals surface area contributed by atoms with Crippen LogP contribution in [-0.4, -0.2) is 13.1 Å². The Hall–Kier alpha value is -1.60. The largest absolute Gasteiger partial charge is 0.316 e. The minimum absolute atomic E-state index is 0.588. The van der Waals surface area contributed by atoms with Gasteiger partial charge in [-0.1, -0.05) is 59.7 Å². The molecule has 1 heterocycles. The van der Waals surface area contributed by atoms with E-state index in [-0.39, 0.29) is 0 Å². The summed E-state index contributed by atoms with van der Waals surface area (Å²) in [6.45, 7) is 6.58. The summed E-state index contributed by atoms with van der Waals surface area (Å²) in [5, 5.41) is 3.57. The minimum Gasteiger partial charge on any atom is -0.316 e. The van der Waals surface area contributed by atoms with Crippen molar-refractivity contribution in [2.75, 3.05) is 13.1 Å². The zero-order valence-corrected chi connectivity index (χ0v) is 12.4. The second kappa shape index (κ2) is 5.80. The van der Waals surface area contributed by atoms with Crippen molar-refractivity contribution in [1.82, 2.24) is 5.32 Å². The van der Waals surface area contributed by atoms with Gasteiger partial charge in [0.05, 0.1) is 0 Å². The van der Waals surface area contributed by atoms with E-state index in [0.29, 0.717) is 11.8 Å². The SMILES string of the molecule is Cc1cccc(C2CCNCC2c2cccc(C)c2)c1. The maximum atomic E-state index is 3.57. The van der Waals surface area contributed by atoms with Crippen molar-refractivity contribution in [1.29, 1.82) is 0 Å². The Labute approximate surface area is 122 Å². The molecule has 3 rings (SSSR count). The predicted octanol–water partition coefficient (Wildman–Crippen LogP) is 4.16. The van der Waals surface area contributed by atoms with Crippen LogP contribution in [0.3, 0.4) is 0 Å². The molecule has 2 aromatic carbocycles. The monoisotopic (exact) mass is 265 g/mol. The van der Waals surface area contributed by atoms with E-state index in [0.717, 1.165) is 13.1 Å². The fourth-order valence-electron chi connectivity index (χ4n) is 3.41. The van der Waals surface area contributed by atoms with Crippen molar-refractivity contribution >= 4 is 0 Å². The van der Waals surface area contributed by atoms with Crippen LogP contribution in [0.15, 0.2) is 48.5 Å². The average molecular weight is 265 g/mol. The zero-order chi connectivity index (χ0) is 13.9. The molecule has 1 aliphatic heterocycles. The van der Waals surface area contributed by atoms with Gasteiger partial charge >= 0.3 is 0 Å². The third kappa shape index (κ3) is 2.78. The van der Waals surface area contributed by atoms with Crippen LogP contribution in [0.5, 0.6) is 0 Å². The second-order valence-electron chi connectivity index (χ2n) is 6.03. The molecule has 0 saturated carbocycles. The Morgan fingerprint density at radius 1 is 0.850 bits per heavy atom. The lowest BCUT2D eigenvalue weighted by atomic mass is 9.77. The minimum atomic E-state index is 0.588. The second-order valence-corrected chi connectivity index (χ2v) is 6.03. The van der Waals surface area contributed by atoms with E-state index in [2.05, 4.69) is 67.7 Å². The van der Waals surface area contributed by atoms with Crippen LogP contribution in [0.4, 0.5) is 0 Å². The van der Waals surface area contributed by atoms with Gasteiger partial charge in [-0.05, 0) is 43.9 Å². The fraction of sp³-hybridized carbons (Fsp3) is 0.368. The van der Waals surface area contributed by atoms with Crippen molar-refractivity contribution in [3.05, 3.63) is 70.8 Å². The molecule has 2 aromatic rings. The molecular formula is C19H23N. The number of rotatable bonds is 2. The van der Waals surface area contributed by atoms with Gasteiger partial charge in [-0.2, -0.15) is 0 Å². The van der Waals surface area contributed by atoms with Gasteiger partial charge < -0.3 is 5.32 Å². The van der Waals surface area contributed by atoms with Crippen molar-refractivity contribution in [3.8, 4) is 0 Å². The standard InChI is InChI=1S/C19H23N/c1-14-5-3-7-16(11-14)18-9-10-20-13-19(18)17-8-4-6-15(2)12-17/h3-8,11-12,18-20H,9-10,13H2,1-2H3. The summed E-state index contributed by atoms with van der Waals surface area (Å²) in [4.78, 5) is 0. The molecule has 0 amide bonds. The van der Waals surface area contributed by atoms with Crippen LogP contribution in [0.25, 0.3) is 0 Å². The Balaban J connectivity index is 1.95. The smallest absolute Gasteiger partial charge is 0.00327 e. The molecule has 1 N–H and O–H groups in total. The molecule has 0 bridgehead atoms. The van der Waals surface area contributed by atoms with E-state index in [4.69, 9.17) is 0 Å². The first-order valence-corrected chi connectivity index (χ1v) is 7.58. The zero-order valence-electron chi connectivity index (χ0n) is 12.4. The van der Waals surface area contributed by atoms with Crippen molar-refractivity contribution < 1.29 is 0 Å². The maximum Gasteiger partial charge on any atom is 0.00327 e. The number of hydrogen-bond acceptors (Lipinski definition) is 1. The van der Waals surface area contributed by atoms with Gasteiger partial charge in [0, 0.05) is 12.5 Å². The van der Waals surface area contributed by atoms with Gasteiger partial charge in [0.1, 0.15) is 0 Å². The molecule has 0 radical (unpaired) electrons. The molecule has 0 spiro atoms. The third-order valence-electron chi connectivity index (χ3n) is 4.42. The molecular weight excluding hydrogens is 242 g/mol. The van der Waals surface area contributed by atoms with Gasteiger partial charge in [0.25, 0.3) is 0 Å². The molecule has 1 heteroatoms. The average Bonchev–Trinajstić information content (AvgIpc) is 2.47. The van der Waals surface area contributed by atoms with Crippen molar-refractivity contribution in [2.45, 2.75) is 32.1 Å². The summed E-state index contributed by atoms with van der Waals surface area (Å²) in [7, 11) is 0. The van der Waals surface area contributed by atoms with E-state index in [9.17, 15) is 0 Å². The lowest BCUT2D eigenvalue weighted by molar-refractivity contribution is 0.404. The van der Waals surface area contributed by atoms with Crippen molar-refractivity contribution in [2.24, 2.45) is 0 Å². The molecule has 2 atom stereocenters. The van der Waals surface area contributed by atoms with Crippen LogP contribution in [0.2, 0.25) is 0 Å². The number of aryl methyl sites for hydroxylation is 2. The number of hydrogen-bond donors (Lipinski definition) is 1. The summed E-state index contributed by atoms with van der Waals surface area (Å²) >= 11 is 0. The molecule has 104 valence electrons. The highest BCUT2D eigenvalue weighted by Gasteiger charge is 2.27. The van der Waals surface area contributed by atoms with E-state index in [1.165, 1.54) is 28.7 Å². The van der Waals surface area contributed by atoms with Crippen LogP contribution in [0, 0.1) is 13.8 Å². The van der Waals surface area contributed by atoms with Crippen LogP contribution >= 0.6 is 0 Å². The van der Waals surface area contributed by atoms with E-state index in [1.54, 1.807) is 0 Å². The van der Waals surface area contributed by atoms with E-state index >= 15 is 0 Å². The van der Waals surface area contributed by atoms with Crippen LogP contribution < -0.4 is 5.32 Å². The normalized spacial score (nSPS) is 22.7. The number of nitrogens with one attached hydrogen (secondary N) is 1. The Morgan fingerprint density at radius 3 is 2.05 bits per heavy atom. The number of piperidine rings is 1. The Kier molecular flexibility index (Phi) is 3.88. The molecule has 1 fully saturated rings. The lowest BCUT2D eigenvalue weighted by Gasteiger charge is -2.33. The first-order chi connectivity index (χ1) is 9.74. The summed E-state index contributed by atoms with van der Waals surface area (Å²) in [5.41, 5.74) is 5.70. The van der Waals surface area contributed by atoms with Gasteiger partial charge in [-0.3, -0.25) is 0 Å². The van der Waals surface area contributed by atoms with Gasteiger partial charge in [-0.15, -0.1) is 0 Å². The number of benzene rings is 2. The molecule has 20 heavy (non-hydrogen) atoms. The highest BCUT2D eigenvalue weighted by Crippen LogP contribution is 2.37. The van der Waals surface area contributed by atoms with Crippen LogP contribution in [0.1, 0.15) is 40.5 Å². The van der Waals surface area contributed by atoms with Gasteiger partial charge in [-0.25, -0.2) is 0 Å². The molecule has 1 aliphatic rings. The first kappa shape index (κ1) is 13.4. The summed E-state index contributed by atoms with van der Waals surface area (Å²) in [5.74, 6) is 1.23. The highest BCUT2D eigenvalue weighted by molar-refractivity contribution is 5.33. The Morgan fingerprint density at radius 2 is 1.45 bits per heavy atom. The maximum absolute atomic E-state index is 3.57. The third-order valence-corrected chi connectivity index (χ3v) is 4.42. The fourth-order valence-corrected chi connectivity index (χ4v) is 3.41. The summed E-state index contributed by atoms with van der Waals surface area (Å²) in [6, 6.07) is 18.0. The van der Waals surface area contributed by atoms with Gasteiger partial charge in [0.2, 0.25) is 0 Å². The Bertz CT molecular complexity index is 534. The predicted molar refractivity (Wildman–Crippen MR) is 85.3 cm³/mol. The highest BCUT2D eigenvalue weighted by atomic mass is 14.9. The molecule has 0 aromatic heterocycles. The van der Waals surface area contributed by atoms with E-state index < -0.39 is 0 Å². The summed E-state index contributed by atoms with van der Waals surface area (Å²) in [6.07, 6.45) is 1.22. The van der Waals surface area contributed by atoms with E-state index in [1.807, 2.05) is 0 Å². The van der Waals surface area contributed by atoms with Crippen molar-refractivity contribution in [3.63, 3.8) is 0 Å².